The van der Waals surface area contributed by atoms with Crippen LogP contribution in [0.1, 0.15) is 25.0 Å². The van der Waals surface area contributed by atoms with Gasteiger partial charge in [-0.1, -0.05) is 111 Å². The molecule has 0 saturated heterocycles. The largest absolute Gasteiger partial charge is 0.456 e. The maximum atomic E-state index is 14.0. The van der Waals surface area contributed by atoms with Gasteiger partial charge in [-0.05, 0) is 99.4 Å². The van der Waals surface area contributed by atoms with Crippen LogP contribution in [0.5, 0.6) is 0 Å². The Hall–Kier alpha value is -7.17. The van der Waals surface area contributed by atoms with Crippen LogP contribution in [0.2, 0.25) is 0 Å². The van der Waals surface area contributed by atoms with Gasteiger partial charge in [0, 0.05) is 54.2 Å². The van der Waals surface area contributed by atoms with E-state index in [0.29, 0.717) is 0 Å². The molecule has 0 radical (unpaired) electrons. The minimum atomic E-state index is -0.106. The summed E-state index contributed by atoms with van der Waals surface area (Å²) in [5, 5.41) is 9.62. The molecule has 0 aliphatic heterocycles. The second kappa shape index (κ2) is 10.3. The van der Waals surface area contributed by atoms with Crippen molar-refractivity contribution >= 4 is 81.7 Å². The monoisotopic (exact) mass is 716 g/mol. The van der Waals surface area contributed by atoms with E-state index in [1.165, 1.54) is 44.1 Å². The molecule has 0 saturated carbocycles. The molecular weight excluding hydrogens is 685 g/mol. The third-order valence-corrected chi connectivity index (χ3v) is 12.9. The zero-order valence-electron chi connectivity index (χ0n) is 30.7. The lowest BCUT2D eigenvalue weighted by Gasteiger charge is -2.21. The molecule has 0 amide bonds. The molecule has 56 heavy (non-hydrogen) atoms. The Morgan fingerprint density at radius 2 is 1.18 bits per heavy atom. The van der Waals surface area contributed by atoms with Crippen molar-refractivity contribution < 1.29 is 4.42 Å². The van der Waals surface area contributed by atoms with Gasteiger partial charge in [-0.15, -0.1) is 0 Å². The molecule has 4 heteroatoms. The van der Waals surface area contributed by atoms with E-state index in [2.05, 4.69) is 158 Å². The van der Waals surface area contributed by atoms with E-state index < -0.39 is 0 Å². The summed E-state index contributed by atoms with van der Waals surface area (Å²) in [6, 6.07) is 56.3. The number of furan rings is 1. The highest BCUT2D eigenvalue weighted by atomic mass is 16.3. The van der Waals surface area contributed by atoms with Gasteiger partial charge in [-0.3, -0.25) is 9.20 Å². The summed E-state index contributed by atoms with van der Waals surface area (Å²) in [6.07, 6.45) is 0. The molecule has 1 aliphatic rings. The minimum Gasteiger partial charge on any atom is -0.456 e. The van der Waals surface area contributed by atoms with Crippen molar-refractivity contribution in [3.8, 4) is 27.9 Å². The van der Waals surface area contributed by atoms with Gasteiger partial charge in [0.05, 0.1) is 22.1 Å². The summed E-state index contributed by atoms with van der Waals surface area (Å²) >= 11 is 0. The maximum Gasteiger partial charge on any atom is 0.263 e. The number of benzene rings is 8. The highest BCUT2D eigenvalue weighted by molar-refractivity contribution is 6.21. The number of fused-ring (bicyclic) bond motifs is 14. The minimum absolute atomic E-state index is 0.0191. The fourth-order valence-corrected chi connectivity index (χ4v) is 10.3. The molecule has 4 nitrogen and oxygen atoms in total. The zero-order chi connectivity index (χ0) is 37.0. The van der Waals surface area contributed by atoms with E-state index in [-0.39, 0.29) is 11.0 Å². The molecule has 0 fully saturated rings. The fraction of sp³-hybridized carbons (Fsp3) is 0.0577. The Kier molecular flexibility index (Phi) is 5.56. The Labute approximate surface area is 320 Å². The molecule has 0 unspecified atom stereocenters. The summed E-state index contributed by atoms with van der Waals surface area (Å²) < 4.78 is 10.9. The van der Waals surface area contributed by atoms with Crippen molar-refractivity contribution in [1.29, 1.82) is 0 Å². The van der Waals surface area contributed by atoms with Gasteiger partial charge in [0.15, 0.2) is 0 Å². The summed E-state index contributed by atoms with van der Waals surface area (Å²) in [5.74, 6) is 0. The van der Waals surface area contributed by atoms with Crippen molar-refractivity contribution in [2.45, 2.75) is 19.3 Å². The molecule has 4 aromatic heterocycles. The number of nitrogens with zero attached hydrogens (tertiary/aromatic N) is 2. The van der Waals surface area contributed by atoms with Crippen LogP contribution in [-0.4, -0.2) is 8.97 Å². The lowest BCUT2D eigenvalue weighted by Crippen LogP contribution is -2.14. The van der Waals surface area contributed by atoms with Crippen molar-refractivity contribution in [2.24, 2.45) is 0 Å². The van der Waals surface area contributed by atoms with Crippen molar-refractivity contribution in [3.63, 3.8) is 0 Å². The molecule has 0 bridgehead atoms. The zero-order valence-corrected chi connectivity index (χ0v) is 30.7. The Morgan fingerprint density at radius 1 is 0.464 bits per heavy atom. The van der Waals surface area contributed by atoms with Gasteiger partial charge < -0.3 is 8.98 Å². The van der Waals surface area contributed by atoms with Crippen molar-refractivity contribution in [1.82, 2.24) is 8.97 Å². The number of pyridine rings is 1. The molecule has 0 atom stereocenters. The van der Waals surface area contributed by atoms with Crippen LogP contribution in [0, 0.1) is 0 Å². The van der Waals surface area contributed by atoms with Crippen LogP contribution in [0.25, 0.3) is 110 Å². The smallest absolute Gasteiger partial charge is 0.263 e. The van der Waals surface area contributed by atoms with Crippen molar-refractivity contribution in [2.75, 3.05) is 0 Å². The second-order valence-corrected chi connectivity index (χ2v) is 16.0. The van der Waals surface area contributed by atoms with E-state index in [1.54, 1.807) is 0 Å². The SMILES string of the molecule is CC1(C)c2ccccc2-c2cc3c4ccccc4n(-c4ccc5oc6cccc(-c7ccc8c(c7)c7cccc9c%10ccccc%10c(=O)n8c97)c6c5c4)c3cc21. The predicted octanol–water partition coefficient (Wildman–Crippen LogP) is 13.2. The quantitative estimate of drug-likeness (QED) is 0.167. The molecule has 1 aliphatic carbocycles. The molecule has 13 rings (SSSR count). The van der Waals surface area contributed by atoms with E-state index in [1.807, 2.05) is 22.6 Å². The molecular formula is C52H32N2O2. The number of hydrogen-bond acceptors (Lipinski definition) is 2. The summed E-state index contributed by atoms with van der Waals surface area (Å²) in [4.78, 5) is 14.0. The second-order valence-electron chi connectivity index (χ2n) is 16.0. The van der Waals surface area contributed by atoms with Gasteiger partial charge >= 0.3 is 0 Å². The standard InChI is InChI=1S/C52H32N2O2/c1-52(2)42-18-7-5-12-33(42)38-27-40-34-13-6-8-19-44(34)53(46(40)28-43(38)52)30-22-24-47-41(26-30)49-31(15-10-20-48(49)56-47)29-21-23-45-39(25-29)36-17-9-16-35-32-11-3-4-14-37(32)51(55)54(45)50(35)36/h3-28H,1-2H3. The number of aromatic nitrogens is 2. The molecule has 12 aromatic rings. The number of rotatable bonds is 2. The summed E-state index contributed by atoms with van der Waals surface area (Å²) in [6.45, 7) is 4.69. The molecule has 4 heterocycles. The molecule has 0 N–H and O–H groups in total. The normalized spacial score (nSPS) is 13.8. The van der Waals surface area contributed by atoms with Gasteiger partial charge in [-0.2, -0.15) is 0 Å². The van der Waals surface area contributed by atoms with Crippen LogP contribution in [0.4, 0.5) is 0 Å². The van der Waals surface area contributed by atoms with E-state index >= 15 is 0 Å². The van der Waals surface area contributed by atoms with Gasteiger partial charge in [0.1, 0.15) is 11.2 Å². The van der Waals surface area contributed by atoms with Gasteiger partial charge in [0.25, 0.3) is 5.56 Å². The Balaban J connectivity index is 1.05. The van der Waals surface area contributed by atoms with Crippen LogP contribution >= 0.6 is 0 Å². The average molecular weight is 717 g/mol. The van der Waals surface area contributed by atoms with E-state index in [0.717, 1.165) is 76.7 Å². The van der Waals surface area contributed by atoms with Crippen LogP contribution in [0.3, 0.4) is 0 Å². The fourth-order valence-electron chi connectivity index (χ4n) is 10.3. The number of hydrogen-bond donors (Lipinski definition) is 0. The topological polar surface area (TPSA) is 39.5 Å². The van der Waals surface area contributed by atoms with Gasteiger partial charge in [0.2, 0.25) is 0 Å². The molecule has 262 valence electrons. The van der Waals surface area contributed by atoms with Crippen LogP contribution in [0.15, 0.2) is 167 Å². The number of para-hydroxylation sites is 2. The highest BCUT2D eigenvalue weighted by Crippen LogP contribution is 2.51. The molecule has 0 spiro atoms. The van der Waals surface area contributed by atoms with Crippen LogP contribution in [-0.2, 0) is 5.41 Å². The lowest BCUT2D eigenvalue weighted by molar-refractivity contribution is 0.661. The summed E-state index contributed by atoms with van der Waals surface area (Å²) in [5.41, 5.74) is 14.6. The summed E-state index contributed by atoms with van der Waals surface area (Å²) in [7, 11) is 0. The molecule has 8 aromatic carbocycles. The van der Waals surface area contributed by atoms with Crippen molar-refractivity contribution in [3.05, 3.63) is 179 Å². The predicted molar refractivity (Wildman–Crippen MR) is 232 cm³/mol. The third-order valence-electron chi connectivity index (χ3n) is 12.9. The lowest BCUT2D eigenvalue weighted by atomic mass is 9.82. The Bertz CT molecular complexity index is 3760. The first kappa shape index (κ1) is 30.2. The van der Waals surface area contributed by atoms with Crippen LogP contribution < -0.4 is 5.56 Å². The Morgan fingerprint density at radius 3 is 2.07 bits per heavy atom. The average Bonchev–Trinajstić information content (AvgIpc) is 3.94. The highest BCUT2D eigenvalue weighted by Gasteiger charge is 2.36. The maximum absolute atomic E-state index is 14.0. The first-order valence-electron chi connectivity index (χ1n) is 19.3. The van der Waals surface area contributed by atoms with E-state index in [9.17, 15) is 4.79 Å². The first-order valence-corrected chi connectivity index (χ1v) is 19.3. The van der Waals surface area contributed by atoms with Gasteiger partial charge in [-0.25, -0.2) is 0 Å². The third kappa shape index (κ3) is 3.66. The first-order chi connectivity index (χ1) is 27.5. The van der Waals surface area contributed by atoms with E-state index in [4.69, 9.17) is 4.42 Å².